The lowest BCUT2D eigenvalue weighted by molar-refractivity contribution is 0.395. The van der Waals surface area contributed by atoms with Crippen LogP contribution >= 0.6 is 12.2 Å². The Morgan fingerprint density at radius 2 is 1.32 bits per heavy atom. The maximum Gasteiger partial charge on any atom is 0.175 e. The average Bonchev–Trinajstić information content (AvgIpc) is 2.54. The molecular weight excluding hydrogens is 300 g/mol. The number of methoxy groups -OCH3 is 3. The van der Waals surface area contributed by atoms with Gasteiger partial charge in [-0.1, -0.05) is 6.07 Å². The largest absolute Gasteiger partial charge is 0.497 e. The predicted octanol–water partition coefficient (Wildman–Crippen LogP) is 3.52. The van der Waals surface area contributed by atoms with E-state index in [1.165, 1.54) is 0 Å². The number of hydrogen-bond acceptors (Lipinski definition) is 4. The number of hydrogen-bond donors (Lipinski definition) is 2. The summed E-state index contributed by atoms with van der Waals surface area (Å²) in [5.74, 6) is 2.13. The summed E-state index contributed by atoms with van der Waals surface area (Å²) < 4.78 is 15.6. The molecule has 0 amide bonds. The summed E-state index contributed by atoms with van der Waals surface area (Å²) in [6, 6.07) is 13.0. The van der Waals surface area contributed by atoms with Crippen LogP contribution in [-0.2, 0) is 0 Å². The van der Waals surface area contributed by atoms with Crippen molar-refractivity contribution in [3.8, 4) is 17.2 Å². The highest BCUT2D eigenvalue weighted by Crippen LogP contribution is 2.26. The molecule has 0 aliphatic heterocycles. The molecule has 2 aromatic carbocycles. The SMILES string of the molecule is COc1cccc(NC(=S)Nc2cc(OC)cc(OC)c2)c1. The van der Waals surface area contributed by atoms with Crippen LogP contribution in [0.15, 0.2) is 42.5 Å². The van der Waals surface area contributed by atoms with Gasteiger partial charge in [-0.15, -0.1) is 0 Å². The van der Waals surface area contributed by atoms with Crippen LogP contribution in [0.3, 0.4) is 0 Å². The number of ether oxygens (including phenoxy) is 3. The van der Waals surface area contributed by atoms with Crippen LogP contribution < -0.4 is 24.8 Å². The van der Waals surface area contributed by atoms with Crippen molar-refractivity contribution in [1.29, 1.82) is 0 Å². The molecule has 22 heavy (non-hydrogen) atoms. The molecule has 0 radical (unpaired) electrons. The van der Waals surface area contributed by atoms with E-state index < -0.39 is 0 Å². The lowest BCUT2D eigenvalue weighted by Gasteiger charge is -2.13. The van der Waals surface area contributed by atoms with E-state index >= 15 is 0 Å². The number of anilines is 2. The number of nitrogens with one attached hydrogen (secondary N) is 2. The van der Waals surface area contributed by atoms with Gasteiger partial charge in [-0.25, -0.2) is 0 Å². The minimum Gasteiger partial charge on any atom is -0.497 e. The Hall–Kier alpha value is -2.47. The lowest BCUT2D eigenvalue weighted by atomic mass is 10.2. The zero-order valence-electron chi connectivity index (χ0n) is 12.7. The van der Waals surface area contributed by atoms with Crippen molar-refractivity contribution in [3.05, 3.63) is 42.5 Å². The van der Waals surface area contributed by atoms with Gasteiger partial charge in [0.2, 0.25) is 0 Å². The van der Waals surface area contributed by atoms with E-state index in [1.807, 2.05) is 36.4 Å². The van der Waals surface area contributed by atoms with Crippen LogP contribution in [0.5, 0.6) is 17.2 Å². The topological polar surface area (TPSA) is 51.8 Å². The first-order valence-corrected chi connectivity index (χ1v) is 7.00. The second-order valence-corrected chi connectivity index (χ2v) is 4.82. The first kappa shape index (κ1) is 15.9. The highest BCUT2D eigenvalue weighted by atomic mass is 32.1. The fourth-order valence-electron chi connectivity index (χ4n) is 1.87. The monoisotopic (exact) mass is 318 g/mol. The van der Waals surface area contributed by atoms with Crippen LogP contribution in [0.1, 0.15) is 0 Å². The predicted molar refractivity (Wildman–Crippen MR) is 92.4 cm³/mol. The van der Waals surface area contributed by atoms with Gasteiger partial charge in [-0.05, 0) is 24.4 Å². The summed E-state index contributed by atoms with van der Waals surface area (Å²) in [6.45, 7) is 0. The third-order valence-corrected chi connectivity index (χ3v) is 3.14. The molecule has 0 saturated carbocycles. The summed E-state index contributed by atoms with van der Waals surface area (Å²) in [6.07, 6.45) is 0. The molecule has 0 aromatic heterocycles. The van der Waals surface area contributed by atoms with E-state index in [0.29, 0.717) is 16.6 Å². The van der Waals surface area contributed by atoms with Crippen LogP contribution in [0.4, 0.5) is 11.4 Å². The van der Waals surface area contributed by atoms with Gasteiger partial charge in [-0.2, -0.15) is 0 Å². The van der Waals surface area contributed by atoms with Crippen molar-refractivity contribution in [2.45, 2.75) is 0 Å². The Balaban J connectivity index is 2.08. The standard InChI is InChI=1S/C16H18N2O3S/c1-19-13-6-4-5-11(7-13)17-16(22)18-12-8-14(20-2)10-15(9-12)21-3/h4-10H,1-3H3,(H2,17,18,22). The molecule has 0 aliphatic rings. The van der Waals surface area contributed by atoms with Gasteiger partial charge in [0.1, 0.15) is 17.2 Å². The third kappa shape index (κ3) is 4.26. The van der Waals surface area contributed by atoms with Gasteiger partial charge < -0.3 is 24.8 Å². The molecule has 0 saturated heterocycles. The van der Waals surface area contributed by atoms with E-state index in [0.717, 1.165) is 17.1 Å². The molecule has 2 N–H and O–H groups in total. The maximum atomic E-state index is 5.31. The molecule has 0 spiro atoms. The van der Waals surface area contributed by atoms with Crippen molar-refractivity contribution in [1.82, 2.24) is 0 Å². The summed E-state index contributed by atoms with van der Waals surface area (Å²) >= 11 is 5.31. The molecule has 6 heteroatoms. The maximum absolute atomic E-state index is 5.31. The molecule has 0 fully saturated rings. The first-order valence-electron chi connectivity index (χ1n) is 6.59. The van der Waals surface area contributed by atoms with Crippen molar-refractivity contribution in [3.63, 3.8) is 0 Å². The Morgan fingerprint density at radius 3 is 1.91 bits per heavy atom. The summed E-state index contributed by atoms with van der Waals surface area (Å²) in [4.78, 5) is 0. The van der Waals surface area contributed by atoms with Crippen LogP contribution in [-0.4, -0.2) is 26.4 Å². The van der Waals surface area contributed by atoms with Crippen LogP contribution in [0.25, 0.3) is 0 Å². The summed E-state index contributed by atoms with van der Waals surface area (Å²) in [5, 5.41) is 6.66. The zero-order valence-corrected chi connectivity index (χ0v) is 13.5. The molecule has 5 nitrogen and oxygen atoms in total. The van der Waals surface area contributed by atoms with Gasteiger partial charge in [-0.3, -0.25) is 0 Å². The second-order valence-electron chi connectivity index (χ2n) is 4.41. The van der Waals surface area contributed by atoms with Crippen molar-refractivity contribution >= 4 is 28.7 Å². The second kappa shape index (κ2) is 7.51. The van der Waals surface area contributed by atoms with Crippen LogP contribution in [0.2, 0.25) is 0 Å². The number of rotatable bonds is 5. The van der Waals surface area contributed by atoms with Gasteiger partial charge in [0.05, 0.1) is 21.3 Å². The van der Waals surface area contributed by atoms with Crippen LogP contribution in [0, 0.1) is 0 Å². The highest BCUT2D eigenvalue weighted by Gasteiger charge is 2.04. The van der Waals surface area contributed by atoms with Gasteiger partial charge in [0, 0.05) is 35.6 Å². The molecular formula is C16H18N2O3S. The summed E-state index contributed by atoms with van der Waals surface area (Å²) in [7, 11) is 4.83. The zero-order chi connectivity index (χ0) is 15.9. The minimum atomic E-state index is 0.462. The van der Waals surface area contributed by atoms with E-state index in [1.54, 1.807) is 27.4 Å². The average molecular weight is 318 g/mol. The Labute approximate surface area is 135 Å². The Kier molecular flexibility index (Phi) is 5.43. The number of benzene rings is 2. The minimum absolute atomic E-state index is 0.462. The third-order valence-electron chi connectivity index (χ3n) is 2.94. The van der Waals surface area contributed by atoms with Gasteiger partial charge in [0.25, 0.3) is 0 Å². The van der Waals surface area contributed by atoms with E-state index in [-0.39, 0.29) is 0 Å². The van der Waals surface area contributed by atoms with E-state index in [9.17, 15) is 0 Å². The molecule has 0 aliphatic carbocycles. The molecule has 2 aromatic rings. The van der Waals surface area contributed by atoms with Crippen molar-refractivity contribution in [2.75, 3.05) is 32.0 Å². The fourth-order valence-corrected chi connectivity index (χ4v) is 2.11. The van der Waals surface area contributed by atoms with Gasteiger partial charge >= 0.3 is 0 Å². The Morgan fingerprint density at radius 1 is 0.773 bits per heavy atom. The molecule has 0 atom stereocenters. The van der Waals surface area contributed by atoms with Crippen molar-refractivity contribution in [2.24, 2.45) is 0 Å². The lowest BCUT2D eigenvalue weighted by Crippen LogP contribution is -2.19. The van der Waals surface area contributed by atoms with Crippen molar-refractivity contribution < 1.29 is 14.2 Å². The quantitative estimate of drug-likeness (QED) is 0.823. The summed E-state index contributed by atoms with van der Waals surface area (Å²) in [5.41, 5.74) is 1.61. The molecule has 0 heterocycles. The smallest absolute Gasteiger partial charge is 0.175 e. The molecule has 0 bridgehead atoms. The highest BCUT2D eigenvalue weighted by molar-refractivity contribution is 7.80. The van der Waals surface area contributed by atoms with Gasteiger partial charge in [0.15, 0.2) is 5.11 Å². The molecule has 2 rings (SSSR count). The Bertz CT molecular complexity index is 639. The van der Waals surface area contributed by atoms with E-state index in [2.05, 4.69) is 10.6 Å². The fraction of sp³-hybridized carbons (Fsp3) is 0.188. The van der Waals surface area contributed by atoms with E-state index in [4.69, 9.17) is 26.4 Å². The first-order chi connectivity index (χ1) is 10.6. The normalized spacial score (nSPS) is 9.77. The number of thiocarbonyl (C=S) groups is 1. The molecule has 0 unspecified atom stereocenters. The molecule has 116 valence electrons.